The minimum Gasteiger partial charge on any atom is -0.491 e. The number of para-hydroxylation sites is 2. The highest BCUT2D eigenvalue weighted by Crippen LogP contribution is 2.39. The Hall–Kier alpha value is -5.56. The van der Waals surface area contributed by atoms with Crippen LogP contribution in [0.1, 0.15) is 41.0 Å². The number of benzene rings is 6. The molecule has 0 saturated carbocycles. The molecule has 0 unspecified atom stereocenters. The lowest BCUT2D eigenvalue weighted by Crippen LogP contribution is -2.32. The van der Waals surface area contributed by atoms with Crippen LogP contribution in [0.2, 0.25) is 0 Å². The summed E-state index contributed by atoms with van der Waals surface area (Å²) in [4.78, 5) is 4.51. The zero-order valence-electron chi connectivity index (χ0n) is 32.4. The number of ether oxygens (including phenoxy) is 4. The SMILES string of the molecule is COCCOc1cccc(N(c2ccccc2)c2ccc(-c3ccc(N(c4ccccc4)c4cccc(OC(C)(C)CCOC(C)(C)C)c4)cc3)cc2)c1. The molecule has 0 atom stereocenters. The lowest BCUT2D eigenvalue weighted by Gasteiger charge is -2.30. The van der Waals surface area contributed by atoms with Gasteiger partial charge < -0.3 is 28.7 Å². The molecule has 6 heteroatoms. The van der Waals surface area contributed by atoms with Crippen LogP contribution in [-0.4, -0.2) is 38.1 Å². The largest absolute Gasteiger partial charge is 0.491 e. The van der Waals surface area contributed by atoms with E-state index in [1.807, 2.05) is 30.3 Å². The Kier molecular flexibility index (Phi) is 12.4. The van der Waals surface area contributed by atoms with E-state index in [9.17, 15) is 0 Å². The van der Waals surface area contributed by atoms with Gasteiger partial charge in [0.15, 0.2) is 0 Å². The normalized spacial score (nSPS) is 11.6. The van der Waals surface area contributed by atoms with E-state index in [4.69, 9.17) is 18.9 Å². The van der Waals surface area contributed by atoms with E-state index in [1.165, 1.54) is 0 Å². The summed E-state index contributed by atoms with van der Waals surface area (Å²) in [6, 6.07) is 54.8. The lowest BCUT2D eigenvalue weighted by atomic mass is 10.0. The van der Waals surface area contributed by atoms with E-state index in [1.54, 1.807) is 7.11 Å². The zero-order chi connectivity index (χ0) is 38.0. The third-order valence-corrected chi connectivity index (χ3v) is 8.95. The van der Waals surface area contributed by atoms with Gasteiger partial charge in [-0.1, -0.05) is 72.8 Å². The summed E-state index contributed by atoms with van der Waals surface area (Å²) >= 11 is 0. The molecule has 6 rings (SSSR count). The van der Waals surface area contributed by atoms with E-state index in [-0.39, 0.29) is 11.2 Å². The molecule has 54 heavy (non-hydrogen) atoms. The fourth-order valence-electron chi connectivity index (χ4n) is 6.27. The summed E-state index contributed by atoms with van der Waals surface area (Å²) in [5, 5.41) is 0. The number of anilines is 6. The van der Waals surface area contributed by atoms with Crippen LogP contribution in [-0.2, 0) is 9.47 Å². The highest BCUT2D eigenvalue weighted by molar-refractivity contribution is 5.81. The summed E-state index contributed by atoms with van der Waals surface area (Å²) in [6.45, 7) is 12.1. The van der Waals surface area contributed by atoms with Gasteiger partial charge >= 0.3 is 0 Å². The van der Waals surface area contributed by atoms with Gasteiger partial charge in [0.05, 0.1) is 18.8 Å². The number of hydrogen-bond donors (Lipinski definition) is 0. The molecule has 0 aliphatic carbocycles. The van der Waals surface area contributed by atoms with Crippen molar-refractivity contribution >= 4 is 34.1 Å². The minimum atomic E-state index is -0.390. The van der Waals surface area contributed by atoms with Crippen molar-refractivity contribution in [3.8, 4) is 22.6 Å². The van der Waals surface area contributed by atoms with Crippen LogP contribution < -0.4 is 19.3 Å². The van der Waals surface area contributed by atoms with Crippen molar-refractivity contribution in [2.45, 2.75) is 52.2 Å². The van der Waals surface area contributed by atoms with Crippen molar-refractivity contribution in [1.82, 2.24) is 0 Å². The summed E-state index contributed by atoms with van der Waals surface area (Å²) < 4.78 is 23.7. The molecule has 6 aromatic carbocycles. The molecule has 0 N–H and O–H groups in total. The predicted octanol–water partition coefficient (Wildman–Crippen LogP) is 12.7. The average molecular weight is 721 g/mol. The first-order chi connectivity index (χ1) is 26.1. The van der Waals surface area contributed by atoms with E-state index in [2.05, 4.69) is 172 Å². The first kappa shape index (κ1) is 38.2. The van der Waals surface area contributed by atoms with Gasteiger partial charge in [0.1, 0.15) is 23.7 Å². The average Bonchev–Trinajstić information content (AvgIpc) is 3.16. The van der Waals surface area contributed by atoms with Crippen LogP contribution in [0.4, 0.5) is 34.1 Å². The number of methoxy groups -OCH3 is 1. The molecule has 6 aromatic rings. The third kappa shape index (κ3) is 10.3. The first-order valence-corrected chi connectivity index (χ1v) is 18.6. The van der Waals surface area contributed by atoms with Crippen LogP contribution >= 0.6 is 0 Å². The zero-order valence-corrected chi connectivity index (χ0v) is 32.4. The maximum absolute atomic E-state index is 6.54. The maximum atomic E-state index is 6.54. The van der Waals surface area contributed by atoms with Crippen molar-refractivity contribution in [3.05, 3.63) is 158 Å². The Bertz CT molecular complexity index is 2040. The molecule has 0 heterocycles. The predicted molar refractivity (Wildman–Crippen MR) is 224 cm³/mol. The van der Waals surface area contributed by atoms with Crippen LogP contribution in [0.15, 0.2) is 158 Å². The van der Waals surface area contributed by atoms with Crippen molar-refractivity contribution in [2.24, 2.45) is 0 Å². The molecule has 0 saturated heterocycles. The van der Waals surface area contributed by atoms with Gasteiger partial charge in [-0.25, -0.2) is 0 Å². The molecule has 6 nitrogen and oxygen atoms in total. The van der Waals surface area contributed by atoms with E-state index in [0.29, 0.717) is 19.8 Å². The minimum absolute atomic E-state index is 0.178. The fourth-order valence-corrected chi connectivity index (χ4v) is 6.27. The molecule has 0 aliphatic rings. The fraction of sp³-hybridized carbons (Fsp3) is 0.250. The molecule has 0 bridgehead atoms. The van der Waals surface area contributed by atoms with E-state index < -0.39 is 0 Å². The molecule has 0 aliphatic heterocycles. The van der Waals surface area contributed by atoms with E-state index in [0.717, 1.165) is 63.2 Å². The summed E-state index contributed by atoms with van der Waals surface area (Å²) in [5.41, 5.74) is 7.98. The van der Waals surface area contributed by atoms with Crippen molar-refractivity contribution < 1.29 is 18.9 Å². The number of nitrogens with zero attached hydrogens (tertiary/aromatic N) is 2. The first-order valence-electron chi connectivity index (χ1n) is 18.6. The Morgan fingerprint density at radius 2 is 0.889 bits per heavy atom. The van der Waals surface area contributed by atoms with Gasteiger partial charge in [0.2, 0.25) is 0 Å². The molecule has 0 amide bonds. The molecule has 0 fully saturated rings. The Morgan fingerprint density at radius 1 is 0.444 bits per heavy atom. The number of rotatable bonds is 16. The Labute approximate surface area is 321 Å². The summed E-state index contributed by atoms with van der Waals surface area (Å²) in [6.07, 6.45) is 0.779. The van der Waals surface area contributed by atoms with Crippen LogP contribution in [0.5, 0.6) is 11.5 Å². The monoisotopic (exact) mass is 720 g/mol. The number of hydrogen-bond acceptors (Lipinski definition) is 6. The van der Waals surface area contributed by atoms with E-state index >= 15 is 0 Å². The van der Waals surface area contributed by atoms with Crippen molar-refractivity contribution in [2.75, 3.05) is 36.7 Å². The second-order valence-electron chi connectivity index (χ2n) is 14.8. The molecular weight excluding hydrogens is 669 g/mol. The second-order valence-corrected chi connectivity index (χ2v) is 14.8. The van der Waals surface area contributed by atoms with Crippen LogP contribution in [0.3, 0.4) is 0 Å². The van der Waals surface area contributed by atoms with Crippen LogP contribution in [0, 0.1) is 0 Å². The Morgan fingerprint density at radius 3 is 1.37 bits per heavy atom. The quantitative estimate of drug-likeness (QED) is 0.0928. The molecule has 278 valence electrons. The summed E-state index contributed by atoms with van der Waals surface area (Å²) in [5.74, 6) is 1.62. The maximum Gasteiger partial charge on any atom is 0.122 e. The van der Waals surface area contributed by atoms with Gasteiger partial charge in [-0.2, -0.15) is 0 Å². The lowest BCUT2D eigenvalue weighted by molar-refractivity contribution is -0.0292. The molecule has 0 radical (unpaired) electrons. The highest BCUT2D eigenvalue weighted by Gasteiger charge is 2.23. The van der Waals surface area contributed by atoms with Crippen molar-refractivity contribution in [3.63, 3.8) is 0 Å². The van der Waals surface area contributed by atoms with Crippen LogP contribution in [0.25, 0.3) is 11.1 Å². The third-order valence-electron chi connectivity index (χ3n) is 8.95. The molecule has 0 spiro atoms. The van der Waals surface area contributed by atoms with Gasteiger partial charge in [0.25, 0.3) is 0 Å². The second kappa shape index (κ2) is 17.5. The Balaban J connectivity index is 1.24. The highest BCUT2D eigenvalue weighted by atomic mass is 16.5. The standard InChI is InChI=1S/C48H52N2O4/c1-47(2,3)53-32-31-48(4,5)54-46-22-14-20-44(36-46)50(40-17-11-8-12-18-40)42-29-25-38(26-30-42)37-23-27-41(28-24-37)49(39-15-9-7-10-16-39)43-19-13-21-45(35-43)52-34-33-51-6/h7-30,35-36H,31-34H2,1-6H3. The van der Waals surface area contributed by atoms with Gasteiger partial charge in [-0.15, -0.1) is 0 Å². The smallest absolute Gasteiger partial charge is 0.122 e. The van der Waals surface area contributed by atoms with Crippen molar-refractivity contribution in [1.29, 1.82) is 0 Å². The van der Waals surface area contributed by atoms with Gasteiger partial charge in [-0.3, -0.25) is 0 Å². The summed E-state index contributed by atoms with van der Waals surface area (Å²) in [7, 11) is 1.68. The molecular formula is C48H52N2O4. The topological polar surface area (TPSA) is 43.4 Å². The van der Waals surface area contributed by atoms with Gasteiger partial charge in [0, 0.05) is 59.8 Å². The molecule has 0 aromatic heterocycles. The van der Waals surface area contributed by atoms with Gasteiger partial charge in [-0.05, 0) is 119 Å².